The van der Waals surface area contributed by atoms with Crippen molar-refractivity contribution in [2.75, 3.05) is 6.61 Å². The fourth-order valence-corrected chi connectivity index (χ4v) is 0.908. The topological polar surface area (TPSA) is 52.6 Å². The molecule has 0 aliphatic carbocycles. The lowest BCUT2D eigenvalue weighted by molar-refractivity contribution is -0.148. The Balaban J connectivity index is 2.28. The molecule has 1 aliphatic rings. The third-order valence-corrected chi connectivity index (χ3v) is 1.39. The normalized spacial score (nSPS) is 20.8. The number of hydrogen-bond donors (Lipinski definition) is 0. The molecule has 1 aliphatic heterocycles. The fourth-order valence-electron chi connectivity index (χ4n) is 0.908. The molecule has 4 heteroatoms. The Kier molecular flexibility index (Phi) is 2.85. The third kappa shape index (κ3) is 2.38. The first kappa shape index (κ1) is 8.77. The average Bonchev–Trinajstić information content (AvgIpc) is 2.36. The lowest BCUT2D eigenvalue weighted by Gasteiger charge is -2.06. The molecule has 1 rings (SSSR count). The highest BCUT2D eigenvalue weighted by Gasteiger charge is 2.20. The Hall–Kier alpha value is -1.32. The van der Waals surface area contributed by atoms with E-state index in [0.717, 1.165) is 0 Å². The Morgan fingerprint density at radius 2 is 2.50 bits per heavy atom. The van der Waals surface area contributed by atoms with E-state index in [0.29, 0.717) is 6.61 Å². The fraction of sp³-hybridized carbons (Fsp3) is 0.500. The van der Waals surface area contributed by atoms with Crippen molar-refractivity contribution in [3.05, 3.63) is 12.2 Å². The summed E-state index contributed by atoms with van der Waals surface area (Å²) in [7, 11) is 0. The number of carbonyl (C=O) groups excluding carboxylic acids is 2. The van der Waals surface area contributed by atoms with E-state index in [9.17, 15) is 9.59 Å². The summed E-state index contributed by atoms with van der Waals surface area (Å²) in [6.07, 6.45) is 2.54. The molecule has 0 aromatic heterocycles. The van der Waals surface area contributed by atoms with Gasteiger partial charge in [-0.1, -0.05) is 0 Å². The predicted molar refractivity (Wildman–Crippen MR) is 40.3 cm³/mol. The van der Waals surface area contributed by atoms with Gasteiger partial charge in [-0.05, 0) is 13.0 Å². The van der Waals surface area contributed by atoms with Crippen LogP contribution in [0.4, 0.5) is 0 Å². The lowest BCUT2D eigenvalue weighted by atomic mass is 10.2. The van der Waals surface area contributed by atoms with Crippen molar-refractivity contribution in [2.45, 2.75) is 19.4 Å². The number of carbonyl (C=O) groups is 2. The highest BCUT2D eigenvalue weighted by molar-refractivity contribution is 5.85. The molecule has 66 valence electrons. The number of cyclic esters (lactones) is 1. The zero-order chi connectivity index (χ0) is 8.97. The van der Waals surface area contributed by atoms with Crippen molar-refractivity contribution < 1.29 is 19.1 Å². The van der Waals surface area contributed by atoms with E-state index in [1.54, 1.807) is 13.0 Å². The highest BCUT2D eigenvalue weighted by atomic mass is 16.6. The summed E-state index contributed by atoms with van der Waals surface area (Å²) in [5.74, 6) is -0.744. The number of esters is 2. The summed E-state index contributed by atoms with van der Waals surface area (Å²) in [5, 5.41) is 0. The van der Waals surface area contributed by atoms with Gasteiger partial charge in [0.1, 0.15) is 6.10 Å². The van der Waals surface area contributed by atoms with Gasteiger partial charge in [-0.3, -0.25) is 4.79 Å². The van der Waals surface area contributed by atoms with Gasteiger partial charge in [0.15, 0.2) is 0 Å². The molecule has 0 bridgehead atoms. The lowest BCUT2D eigenvalue weighted by Crippen LogP contribution is -2.15. The van der Waals surface area contributed by atoms with Crippen LogP contribution < -0.4 is 0 Å². The first-order valence-electron chi connectivity index (χ1n) is 3.77. The minimum atomic E-state index is -0.434. The molecule has 0 N–H and O–H groups in total. The largest absolute Gasteiger partial charge is 0.466 e. The summed E-state index contributed by atoms with van der Waals surface area (Å²) in [6, 6.07) is 0. The van der Waals surface area contributed by atoms with Gasteiger partial charge in [0.05, 0.1) is 13.0 Å². The Labute approximate surface area is 70.1 Å². The van der Waals surface area contributed by atoms with Gasteiger partial charge in [0.25, 0.3) is 0 Å². The third-order valence-electron chi connectivity index (χ3n) is 1.39. The molecule has 0 fully saturated rings. The SMILES string of the molecule is CCOC(=O)CC1C=CC(=O)O1. The highest BCUT2D eigenvalue weighted by Crippen LogP contribution is 2.09. The van der Waals surface area contributed by atoms with Crippen LogP contribution in [-0.4, -0.2) is 24.6 Å². The van der Waals surface area contributed by atoms with Crippen LogP contribution in [0.3, 0.4) is 0 Å². The number of ether oxygens (including phenoxy) is 2. The molecule has 0 radical (unpaired) electrons. The van der Waals surface area contributed by atoms with Gasteiger partial charge < -0.3 is 9.47 Å². The Bertz CT molecular complexity index is 219. The van der Waals surface area contributed by atoms with Gasteiger partial charge in [-0.25, -0.2) is 4.79 Å². The van der Waals surface area contributed by atoms with E-state index in [-0.39, 0.29) is 12.4 Å². The maximum Gasteiger partial charge on any atom is 0.331 e. The maximum atomic E-state index is 10.9. The summed E-state index contributed by atoms with van der Waals surface area (Å²) < 4.78 is 9.40. The predicted octanol–water partition coefficient (Wildman–Crippen LogP) is 0.421. The maximum absolute atomic E-state index is 10.9. The van der Waals surface area contributed by atoms with Crippen molar-refractivity contribution in [3.63, 3.8) is 0 Å². The van der Waals surface area contributed by atoms with Crippen LogP contribution >= 0.6 is 0 Å². The van der Waals surface area contributed by atoms with E-state index in [4.69, 9.17) is 4.74 Å². The molecule has 0 aromatic carbocycles. The van der Waals surface area contributed by atoms with Crippen LogP contribution in [0, 0.1) is 0 Å². The van der Waals surface area contributed by atoms with E-state index < -0.39 is 12.1 Å². The van der Waals surface area contributed by atoms with Crippen molar-refractivity contribution >= 4 is 11.9 Å². The second-order valence-electron chi connectivity index (χ2n) is 2.34. The summed E-state index contributed by atoms with van der Waals surface area (Å²) >= 11 is 0. The molecule has 0 amide bonds. The first-order valence-corrected chi connectivity index (χ1v) is 3.77. The summed E-state index contributed by atoms with van der Waals surface area (Å²) in [4.78, 5) is 21.4. The van der Waals surface area contributed by atoms with E-state index in [1.807, 2.05) is 0 Å². The van der Waals surface area contributed by atoms with E-state index in [1.165, 1.54) is 6.08 Å². The average molecular weight is 170 g/mol. The second kappa shape index (κ2) is 3.90. The van der Waals surface area contributed by atoms with Crippen molar-refractivity contribution in [1.82, 2.24) is 0 Å². The Morgan fingerprint density at radius 1 is 1.75 bits per heavy atom. The monoisotopic (exact) mass is 170 g/mol. The number of hydrogen-bond acceptors (Lipinski definition) is 4. The van der Waals surface area contributed by atoms with Crippen LogP contribution in [0.15, 0.2) is 12.2 Å². The molecule has 0 spiro atoms. The summed E-state index contributed by atoms with van der Waals surface area (Å²) in [6.45, 7) is 2.08. The minimum absolute atomic E-state index is 0.107. The first-order chi connectivity index (χ1) is 5.72. The van der Waals surface area contributed by atoms with E-state index in [2.05, 4.69) is 4.74 Å². The van der Waals surface area contributed by atoms with Gasteiger partial charge in [-0.15, -0.1) is 0 Å². The molecule has 1 unspecified atom stereocenters. The zero-order valence-electron chi connectivity index (χ0n) is 6.78. The van der Waals surface area contributed by atoms with E-state index >= 15 is 0 Å². The molecular weight excluding hydrogens is 160 g/mol. The van der Waals surface area contributed by atoms with Crippen LogP contribution in [0.25, 0.3) is 0 Å². The van der Waals surface area contributed by atoms with Gasteiger partial charge >= 0.3 is 11.9 Å². The smallest absolute Gasteiger partial charge is 0.331 e. The zero-order valence-corrected chi connectivity index (χ0v) is 6.78. The quantitative estimate of drug-likeness (QED) is 0.576. The molecular formula is C8H10O4. The van der Waals surface area contributed by atoms with Crippen molar-refractivity contribution in [3.8, 4) is 0 Å². The molecule has 0 saturated heterocycles. The molecule has 1 heterocycles. The van der Waals surface area contributed by atoms with Crippen molar-refractivity contribution in [2.24, 2.45) is 0 Å². The second-order valence-corrected chi connectivity index (χ2v) is 2.34. The van der Waals surface area contributed by atoms with Crippen LogP contribution in [-0.2, 0) is 19.1 Å². The van der Waals surface area contributed by atoms with Gasteiger partial charge in [0.2, 0.25) is 0 Å². The molecule has 4 nitrogen and oxygen atoms in total. The Morgan fingerprint density at radius 3 is 3.00 bits per heavy atom. The standard InChI is InChI=1S/C8H10O4/c1-2-11-8(10)5-6-3-4-7(9)12-6/h3-4,6H,2,5H2,1H3. The van der Waals surface area contributed by atoms with Crippen LogP contribution in [0.1, 0.15) is 13.3 Å². The molecule has 0 aromatic rings. The molecule has 1 atom stereocenters. The minimum Gasteiger partial charge on any atom is -0.466 e. The molecule has 0 saturated carbocycles. The number of rotatable bonds is 3. The molecule has 12 heavy (non-hydrogen) atoms. The van der Waals surface area contributed by atoms with Gasteiger partial charge in [0, 0.05) is 6.08 Å². The van der Waals surface area contributed by atoms with Crippen LogP contribution in [0.5, 0.6) is 0 Å². The van der Waals surface area contributed by atoms with Gasteiger partial charge in [-0.2, -0.15) is 0 Å². The summed E-state index contributed by atoms with van der Waals surface area (Å²) in [5.41, 5.74) is 0. The van der Waals surface area contributed by atoms with Crippen LogP contribution in [0.2, 0.25) is 0 Å². The van der Waals surface area contributed by atoms with Crippen molar-refractivity contribution in [1.29, 1.82) is 0 Å².